The molecule has 0 radical (unpaired) electrons. The normalized spacial score (nSPS) is 11.8. The minimum atomic E-state index is -0.0590. The lowest BCUT2D eigenvalue weighted by molar-refractivity contribution is 0.0951. The van der Waals surface area contributed by atoms with Crippen molar-refractivity contribution in [3.8, 4) is 0 Å². The third-order valence-electron chi connectivity index (χ3n) is 3.88. The van der Waals surface area contributed by atoms with Gasteiger partial charge in [-0.15, -0.1) is 0 Å². The summed E-state index contributed by atoms with van der Waals surface area (Å²) in [6.07, 6.45) is 0. The van der Waals surface area contributed by atoms with Crippen LogP contribution in [0.4, 0.5) is 5.69 Å². The number of benzene rings is 2. The molecule has 0 saturated heterocycles. The predicted molar refractivity (Wildman–Crippen MR) is 93.8 cm³/mol. The smallest absolute Gasteiger partial charge is 0.251 e. The lowest BCUT2D eigenvalue weighted by atomic mass is 10.1. The van der Waals surface area contributed by atoms with E-state index in [9.17, 15) is 4.79 Å². The molecule has 0 aliphatic carbocycles. The van der Waals surface area contributed by atoms with Crippen LogP contribution in [0.5, 0.6) is 0 Å². The Bertz CT molecular complexity index is 628. The highest BCUT2D eigenvalue weighted by Gasteiger charge is 2.12. The number of ether oxygens (including phenoxy) is 1. The molecule has 0 bridgehead atoms. The zero-order chi connectivity index (χ0) is 16.7. The number of para-hydroxylation sites is 1. The molecule has 4 heteroatoms. The average molecular weight is 312 g/mol. The zero-order valence-corrected chi connectivity index (χ0v) is 14.0. The zero-order valence-electron chi connectivity index (χ0n) is 14.0. The van der Waals surface area contributed by atoms with Gasteiger partial charge in [0.05, 0.1) is 6.61 Å². The highest BCUT2D eigenvalue weighted by atomic mass is 16.5. The third-order valence-corrected chi connectivity index (χ3v) is 3.88. The molecule has 4 nitrogen and oxygen atoms in total. The molecule has 0 fully saturated rings. The molecule has 0 unspecified atom stereocenters. The first-order chi connectivity index (χ1) is 11.1. The van der Waals surface area contributed by atoms with Crippen molar-refractivity contribution in [1.29, 1.82) is 0 Å². The third kappa shape index (κ3) is 4.83. The number of likely N-dealkylation sites (N-methyl/N-ethyl adjacent to an activating group) is 1. The summed E-state index contributed by atoms with van der Waals surface area (Å²) in [4.78, 5) is 14.4. The van der Waals surface area contributed by atoms with Crippen LogP contribution in [-0.4, -0.2) is 32.7 Å². The Morgan fingerprint density at radius 2 is 1.91 bits per heavy atom. The molecule has 0 heterocycles. The van der Waals surface area contributed by atoms with Gasteiger partial charge in [-0.25, -0.2) is 0 Å². The lowest BCUT2D eigenvalue weighted by Gasteiger charge is -2.27. The van der Waals surface area contributed by atoms with E-state index in [2.05, 4.69) is 29.3 Å². The Kier molecular flexibility index (Phi) is 6.18. The van der Waals surface area contributed by atoms with E-state index in [-0.39, 0.29) is 11.9 Å². The fourth-order valence-electron chi connectivity index (χ4n) is 2.37. The summed E-state index contributed by atoms with van der Waals surface area (Å²) in [5.41, 5.74) is 2.79. The maximum atomic E-state index is 12.3. The maximum absolute atomic E-state index is 12.3. The van der Waals surface area contributed by atoms with Gasteiger partial charge in [-0.1, -0.05) is 30.3 Å². The van der Waals surface area contributed by atoms with Gasteiger partial charge in [0.1, 0.15) is 0 Å². The van der Waals surface area contributed by atoms with E-state index in [0.717, 1.165) is 11.3 Å². The van der Waals surface area contributed by atoms with Gasteiger partial charge in [-0.3, -0.25) is 4.79 Å². The average Bonchev–Trinajstić information content (AvgIpc) is 2.60. The number of rotatable bonds is 7. The lowest BCUT2D eigenvalue weighted by Crippen LogP contribution is -2.40. The largest absolute Gasteiger partial charge is 0.380 e. The standard InChI is InChI=1S/C19H24N2O2/c1-15(21(2)18-10-5-4-6-11-18)13-20-19(22)17-9-7-8-16(12-17)14-23-3/h4-12,15H,13-14H2,1-3H3,(H,20,22)/t15-/m1/s1. The minimum Gasteiger partial charge on any atom is -0.380 e. The molecule has 2 rings (SSSR count). The van der Waals surface area contributed by atoms with Crippen molar-refractivity contribution in [2.45, 2.75) is 19.6 Å². The second-order valence-corrected chi connectivity index (χ2v) is 5.64. The maximum Gasteiger partial charge on any atom is 0.251 e. The van der Waals surface area contributed by atoms with Crippen LogP contribution in [0.15, 0.2) is 54.6 Å². The van der Waals surface area contributed by atoms with E-state index in [1.165, 1.54) is 0 Å². The second kappa shape index (κ2) is 8.34. The van der Waals surface area contributed by atoms with E-state index in [1.54, 1.807) is 7.11 Å². The number of nitrogens with one attached hydrogen (secondary N) is 1. The van der Waals surface area contributed by atoms with Crippen molar-refractivity contribution in [2.75, 3.05) is 25.6 Å². The topological polar surface area (TPSA) is 41.6 Å². The number of hydrogen-bond acceptors (Lipinski definition) is 3. The fourth-order valence-corrected chi connectivity index (χ4v) is 2.37. The van der Waals surface area contributed by atoms with Crippen LogP contribution in [0.1, 0.15) is 22.8 Å². The number of hydrogen-bond donors (Lipinski definition) is 1. The Hall–Kier alpha value is -2.33. The van der Waals surface area contributed by atoms with Crippen molar-refractivity contribution in [2.24, 2.45) is 0 Å². The summed E-state index contributed by atoms with van der Waals surface area (Å²) in [5.74, 6) is -0.0590. The van der Waals surface area contributed by atoms with Crippen LogP contribution < -0.4 is 10.2 Å². The van der Waals surface area contributed by atoms with Crippen molar-refractivity contribution >= 4 is 11.6 Å². The number of methoxy groups -OCH3 is 1. The Morgan fingerprint density at radius 3 is 2.61 bits per heavy atom. The van der Waals surface area contributed by atoms with Crippen LogP contribution in [0.3, 0.4) is 0 Å². The van der Waals surface area contributed by atoms with Crippen molar-refractivity contribution < 1.29 is 9.53 Å². The Morgan fingerprint density at radius 1 is 1.17 bits per heavy atom. The van der Waals surface area contributed by atoms with Crippen LogP contribution in [0.2, 0.25) is 0 Å². The molecule has 1 atom stereocenters. The van der Waals surface area contributed by atoms with Gasteiger partial charge >= 0.3 is 0 Å². The van der Waals surface area contributed by atoms with Crippen molar-refractivity contribution in [3.63, 3.8) is 0 Å². The molecule has 0 aliphatic heterocycles. The number of anilines is 1. The van der Waals surface area contributed by atoms with Gasteiger partial charge in [0, 0.05) is 38.0 Å². The first-order valence-corrected chi connectivity index (χ1v) is 7.75. The number of carbonyl (C=O) groups is 1. The number of amides is 1. The predicted octanol–water partition coefficient (Wildman–Crippen LogP) is 3.09. The van der Waals surface area contributed by atoms with Gasteiger partial charge in [0.15, 0.2) is 0 Å². The van der Waals surface area contributed by atoms with Gasteiger partial charge in [0.2, 0.25) is 0 Å². The van der Waals surface area contributed by atoms with E-state index in [0.29, 0.717) is 18.7 Å². The molecular formula is C19H24N2O2. The van der Waals surface area contributed by atoms with E-state index >= 15 is 0 Å². The van der Waals surface area contributed by atoms with Crippen LogP contribution in [0, 0.1) is 0 Å². The van der Waals surface area contributed by atoms with Gasteiger partial charge in [-0.2, -0.15) is 0 Å². The Labute approximate surface area is 138 Å². The molecule has 1 amide bonds. The molecular weight excluding hydrogens is 288 g/mol. The first kappa shape index (κ1) is 17.0. The fraction of sp³-hybridized carbons (Fsp3) is 0.316. The van der Waals surface area contributed by atoms with Gasteiger partial charge in [-0.05, 0) is 36.8 Å². The molecule has 0 aromatic heterocycles. The molecule has 2 aromatic carbocycles. The highest BCUT2D eigenvalue weighted by molar-refractivity contribution is 5.94. The summed E-state index contributed by atoms with van der Waals surface area (Å²) in [6.45, 7) is 3.18. The number of carbonyl (C=O) groups excluding carboxylic acids is 1. The SMILES string of the molecule is COCc1cccc(C(=O)NC[C@@H](C)N(C)c2ccccc2)c1. The van der Waals surface area contributed by atoms with Crippen molar-refractivity contribution in [1.82, 2.24) is 5.32 Å². The molecule has 2 aromatic rings. The van der Waals surface area contributed by atoms with E-state index in [1.807, 2.05) is 49.5 Å². The van der Waals surface area contributed by atoms with Crippen LogP contribution in [-0.2, 0) is 11.3 Å². The highest BCUT2D eigenvalue weighted by Crippen LogP contribution is 2.13. The quantitative estimate of drug-likeness (QED) is 0.854. The summed E-state index contributed by atoms with van der Waals surface area (Å²) in [6, 6.07) is 17.9. The van der Waals surface area contributed by atoms with Gasteiger partial charge in [0.25, 0.3) is 5.91 Å². The summed E-state index contributed by atoms with van der Waals surface area (Å²) >= 11 is 0. The van der Waals surface area contributed by atoms with Gasteiger partial charge < -0.3 is 15.0 Å². The molecule has 0 saturated carbocycles. The van der Waals surface area contributed by atoms with E-state index in [4.69, 9.17) is 4.74 Å². The molecule has 122 valence electrons. The second-order valence-electron chi connectivity index (χ2n) is 5.64. The molecule has 0 aliphatic rings. The summed E-state index contributed by atoms with van der Waals surface area (Å²) in [5, 5.41) is 3.00. The molecule has 0 spiro atoms. The first-order valence-electron chi connectivity index (χ1n) is 7.75. The van der Waals surface area contributed by atoms with Crippen molar-refractivity contribution in [3.05, 3.63) is 65.7 Å². The monoisotopic (exact) mass is 312 g/mol. The summed E-state index contributed by atoms with van der Waals surface area (Å²) < 4.78 is 5.10. The Balaban J connectivity index is 1.92. The van der Waals surface area contributed by atoms with Crippen LogP contribution >= 0.6 is 0 Å². The van der Waals surface area contributed by atoms with Crippen LogP contribution in [0.25, 0.3) is 0 Å². The summed E-state index contributed by atoms with van der Waals surface area (Å²) in [7, 11) is 3.68. The molecule has 1 N–H and O–H groups in total. The minimum absolute atomic E-state index is 0.0590. The van der Waals surface area contributed by atoms with E-state index < -0.39 is 0 Å². The number of nitrogens with zero attached hydrogens (tertiary/aromatic N) is 1. The molecule has 23 heavy (non-hydrogen) atoms.